The van der Waals surface area contributed by atoms with E-state index in [0.717, 1.165) is 36.0 Å². The third kappa shape index (κ3) is 3.63. The van der Waals surface area contributed by atoms with E-state index in [4.69, 9.17) is 31.2 Å². The molecule has 1 aromatic carbocycles. The zero-order valence-electron chi connectivity index (χ0n) is 17.1. The fourth-order valence-corrected chi connectivity index (χ4v) is 4.07. The zero-order chi connectivity index (χ0) is 21.3. The Labute approximate surface area is 180 Å². The van der Waals surface area contributed by atoms with Gasteiger partial charge in [0.2, 0.25) is 5.95 Å². The minimum Gasteiger partial charge on any atom is -0.497 e. The monoisotopic (exact) mass is 424 g/mol. The van der Waals surface area contributed by atoms with Crippen molar-refractivity contribution < 1.29 is 9.47 Å². The first kappa shape index (κ1) is 20.3. The van der Waals surface area contributed by atoms with Crippen molar-refractivity contribution in [1.82, 2.24) is 19.6 Å². The Morgan fingerprint density at radius 2 is 2.17 bits per heavy atom. The van der Waals surface area contributed by atoms with E-state index in [1.165, 1.54) is 0 Å². The molecule has 0 saturated carbocycles. The Morgan fingerprint density at radius 3 is 2.90 bits per heavy atom. The standard InChI is InChI=1S/C20H22BClN6O2/c1-12-17(22)25-20(24-10-13-6-7-14(29-2)9-16(13)30-3)28-19(12)26-18(27-28)15-5-4-8-21(15)11-23/h6-7,9,15H,4-5,8,10H2,1-3H3,(H,24,25). The van der Waals surface area contributed by atoms with Crippen LogP contribution in [0.5, 0.6) is 11.5 Å². The van der Waals surface area contributed by atoms with Crippen molar-refractivity contribution in [3.63, 3.8) is 0 Å². The Kier molecular flexibility index (Phi) is 5.68. The van der Waals surface area contributed by atoms with Gasteiger partial charge < -0.3 is 14.8 Å². The number of hydrogen-bond donors (Lipinski definition) is 1. The van der Waals surface area contributed by atoms with Gasteiger partial charge >= 0.3 is 0 Å². The van der Waals surface area contributed by atoms with Gasteiger partial charge in [0, 0.05) is 35.5 Å². The van der Waals surface area contributed by atoms with Crippen molar-refractivity contribution in [3.05, 3.63) is 40.3 Å². The van der Waals surface area contributed by atoms with E-state index >= 15 is 0 Å². The van der Waals surface area contributed by atoms with Crippen LogP contribution >= 0.6 is 11.6 Å². The van der Waals surface area contributed by atoms with Gasteiger partial charge in [-0.15, -0.1) is 5.10 Å². The van der Waals surface area contributed by atoms with Crippen LogP contribution in [0.1, 0.15) is 35.6 Å². The van der Waals surface area contributed by atoms with Gasteiger partial charge in [0.1, 0.15) is 22.5 Å². The van der Waals surface area contributed by atoms with Crippen LogP contribution < -0.4 is 14.8 Å². The number of hydrogen-bond acceptors (Lipinski definition) is 7. The molecule has 1 aliphatic heterocycles. The highest BCUT2D eigenvalue weighted by Crippen LogP contribution is 2.33. The molecule has 3 heterocycles. The SMILES string of the molecule is COc1ccc(CNc2nc(Cl)c(C)c3nc(C4CCCB4C#N)nn23)c(OC)c1. The average Bonchev–Trinajstić information content (AvgIpc) is 3.42. The van der Waals surface area contributed by atoms with Crippen LogP contribution in [0.2, 0.25) is 11.5 Å². The number of aryl methyl sites for hydroxylation is 1. The number of rotatable bonds is 6. The van der Waals surface area contributed by atoms with Gasteiger partial charge in [0.25, 0.3) is 6.71 Å². The second-order valence-electron chi connectivity index (χ2n) is 7.36. The first-order valence-electron chi connectivity index (χ1n) is 9.82. The van der Waals surface area contributed by atoms with E-state index < -0.39 is 0 Å². The number of halogens is 1. The average molecular weight is 425 g/mol. The number of nitrogens with one attached hydrogen (secondary N) is 1. The van der Waals surface area contributed by atoms with E-state index in [1.54, 1.807) is 18.7 Å². The van der Waals surface area contributed by atoms with Crippen molar-refractivity contribution in [2.45, 2.75) is 38.4 Å². The molecule has 0 spiro atoms. The van der Waals surface area contributed by atoms with Gasteiger partial charge in [-0.2, -0.15) is 4.52 Å². The molecule has 1 saturated heterocycles. The van der Waals surface area contributed by atoms with Gasteiger partial charge in [-0.05, 0) is 25.5 Å². The lowest BCUT2D eigenvalue weighted by Crippen LogP contribution is -2.16. The highest BCUT2D eigenvalue weighted by atomic mass is 35.5. The predicted octanol–water partition coefficient (Wildman–Crippen LogP) is 3.69. The lowest BCUT2D eigenvalue weighted by atomic mass is 9.44. The maximum Gasteiger partial charge on any atom is 0.278 e. The summed E-state index contributed by atoms with van der Waals surface area (Å²) in [5.74, 6) is 5.03. The molecule has 1 fully saturated rings. The van der Waals surface area contributed by atoms with Crippen molar-refractivity contribution in [2.75, 3.05) is 19.5 Å². The van der Waals surface area contributed by atoms with E-state index in [1.807, 2.05) is 25.1 Å². The zero-order valence-corrected chi connectivity index (χ0v) is 17.9. The highest BCUT2D eigenvalue weighted by Gasteiger charge is 2.36. The van der Waals surface area contributed by atoms with Gasteiger partial charge in [0.05, 0.1) is 14.2 Å². The molecule has 1 unspecified atom stereocenters. The topological polar surface area (TPSA) is 97.4 Å². The van der Waals surface area contributed by atoms with Gasteiger partial charge in [-0.1, -0.05) is 24.3 Å². The number of aromatic nitrogens is 4. The number of benzene rings is 1. The van der Waals surface area contributed by atoms with Crippen LogP contribution in [0, 0.1) is 18.2 Å². The summed E-state index contributed by atoms with van der Waals surface area (Å²) in [6.45, 7) is 2.27. The second-order valence-corrected chi connectivity index (χ2v) is 7.72. The lowest BCUT2D eigenvalue weighted by molar-refractivity contribution is 0.391. The second kappa shape index (κ2) is 8.40. The summed E-state index contributed by atoms with van der Waals surface area (Å²) in [6, 6.07) is 5.64. The largest absolute Gasteiger partial charge is 0.497 e. The van der Waals surface area contributed by atoms with Crippen LogP contribution in [0.25, 0.3) is 5.65 Å². The summed E-state index contributed by atoms with van der Waals surface area (Å²) in [6.07, 6.45) is 2.82. The smallest absolute Gasteiger partial charge is 0.278 e. The Morgan fingerprint density at radius 1 is 1.33 bits per heavy atom. The molecular weight excluding hydrogens is 403 g/mol. The van der Waals surface area contributed by atoms with Gasteiger partial charge in [0.15, 0.2) is 5.65 Å². The Balaban J connectivity index is 1.68. The predicted molar refractivity (Wildman–Crippen MR) is 116 cm³/mol. The highest BCUT2D eigenvalue weighted by molar-refractivity contribution is 6.69. The normalized spacial score (nSPS) is 16.0. The first-order valence-corrected chi connectivity index (χ1v) is 10.2. The molecule has 30 heavy (non-hydrogen) atoms. The summed E-state index contributed by atoms with van der Waals surface area (Å²) >= 11 is 6.37. The molecule has 154 valence electrons. The van der Waals surface area contributed by atoms with Crippen molar-refractivity contribution in [2.24, 2.45) is 0 Å². The van der Waals surface area contributed by atoms with Crippen LogP contribution in [0.4, 0.5) is 5.95 Å². The molecule has 3 aromatic rings. The Bertz CT molecular complexity index is 1130. The molecule has 10 heteroatoms. The molecule has 1 N–H and O–H groups in total. The molecule has 1 aliphatic rings. The summed E-state index contributed by atoms with van der Waals surface area (Å²) in [5, 5.41) is 17.8. The van der Waals surface area contributed by atoms with E-state index in [-0.39, 0.29) is 12.5 Å². The van der Waals surface area contributed by atoms with Crippen LogP contribution in [-0.4, -0.2) is 40.5 Å². The number of nitriles is 1. The van der Waals surface area contributed by atoms with Crippen molar-refractivity contribution >= 4 is 29.9 Å². The maximum atomic E-state index is 9.44. The summed E-state index contributed by atoms with van der Waals surface area (Å²) < 4.78 is 12.4. The number of methoxy groups -OCH3 is 2. The molecule has 0 bridgehead atoms. The third-order valence-electron chi connectivity index (χ3n) is 5.62. The van der Waals surface area contributed by atoms with Crippen LogP contribution in [0.15, 0.2) is 18.2 Å². The molecule has 0 radical (unpaired) electrons. The molecule has 0 amide bonds. The number of anilines is 1. The van der Waals surface area contributed by atoms with E-state index in [9.17, 15) is 5.26 Å². The molecule has 1 atom stereocenters. The fraction of sp³-hybridized carbons (Fsp3) is 0.400. The van der Waals surface area contributed by atoms with Crippen LogP contribution in [-0.2, 0) is 6.54 Å². The molecule has 2 aromatic heterocycles. The van der Waals surface area contributed by atoms with Gasteiger partial charge in [-0.25, -0.2) is 15.2 Å². The molecular formula is C20H22BClN6O2. The summed E-state index contributed by atoms with van der Waals surface area (Å²) in [5.41, 5.74) is 2.35. The molecule has 4 rings (SSSR count). The van der Waals surface area contributed by atoms with Crippen molar-refractivity contribution in [1.29, 1.82) is 5.26 Å². The Hall–Kier alpha value is -2.99. The quantitative estimate of drug-likeness (QED) is 0.476. The maximum absolute atomic E-state index is 9.44. The molecule has 8 nitrogen and oxygen atoms in total. The first-order chi connectivity index (χ1) is 14.5. The lowest BCUT2D eigenvalue weighted by Gasteiger charge is -2.13. The number of fused-ring (bicyclic) bond motifs is 1. The molecule has 0 aliphatic carbocycles. The van der Waals surface area contributed by atoms with E-state index in [0.29, 0.717) is 34.9 Å². The number of nitrogens with zero attached hydrogens (tertiary/aromatic N) is 5. The minimum absolute atomic E-state index is 0.0441. The summed E-state index contributed by atoms with van der Waals surface area (Å²) in [7, 11) is 3.24. The summed E-state index contributed by atoms with van der Waals surface area (Å²) in [4.78, 5) is 9.19. The van der Waals surface area contributed by atoms with E-state index in [2.05, 4.69) is 16.3 Å². The van der Waals surface area contributed by atoms with Crippen LogP contribution in [0.3, 0.4) is 0 Å². The van der Waals surface area contributed by atoms with Crippen molar-refractivity contribution in [3.8, 4) is 17.5 Å². The van der Waals surface area contributed by atoms with Gasteiger partial charge in [-0.3, -0.25) is 0 Å². The minimum atomic E-state index is -0.0499. The fourth-order valence-electron chi connectivity index (χ4n) is 3.90. The third-order valence-corrected chi connectivity index (χ3v) is 5.99. The number of ether oxygens (including phenoxy) is 2.